The molecule has 0 amide bonds. The highest BCUT2D eigenvalue weighted by Crippen LogP contribution is 2.22. The third-order valence-electron chi connectivity index (χ3n) is 2.36. The third kappa shape index (κ3) is 1.94. The topological polar surface area (TPSA) is 34.4 Å². The van der Waals surface area contributed by atoms with Gasteiger partial charge in [-0.15, -0.1) is 0 Å². The maximum absolute atomic E-state index is 5.63. The number of ether oxygens (including phenoxy) is 1. The minimum absolute atomic E-state index is 0.275. The van der Waals surface area contributed by atoms with E-state index in [1.807, 2.05) is 30.3 Å². The molecule has 17 heavy (non-hydrogen) atoms. The van der Waals surface area contributed by atoms with Crippen LogP contribution in [0.1, 0.15) is 5.76 Å². The molecule has 0 bridgehead atoms. The van der Waals surface area contributed by atoms with Gasteiger partial charge in [0.15, 0.2) is 5.76 Å². The number of furan rings is 1. The van der Waals surface area contributed by atoms with Crippen molar-refractivity contribution in [2.45, 2.75) is 0 Å². The molecule has 1 aliphatic heterocycles. The van der Waals surface area contributed by atoms with Crippen LogP contribution in [0.2, 0.25) is 0 Å². The van der Waals surface area contributed by atoms with Crippen LogP contribution >= 0.6 is 24.4 Å². The Kier molecular flexibility index (Phi) is 2.42. The van der Waals surface area contributed by atoms with E-state index >= 15 is 0 Å². The molecule has 3 rings (SSSR count). The van der Waals surface area contributed by atoms with Crippen molar-refractivity contribution in [1.29, 1.82) is 0 Å². The maximum atomic E-state index is 5.63. The molecule has 1 N–H and O–H groups in total. The molecule has 2 heterocycles. The molecular formula is C12H7NO2S2. The van der Waals surface area contributed by atoms with Crippen molar-refractivity contribution in [3.63, 3.8) is 0 Å². The fourth-order valence-corrected chi connectivity index (χ4v) is 2.07. The number of fused-ring (bicyclic) bond motifs is 1. The van der Waals surface area contributed by atoms with Crippen LogP contribution in [0.25, 0.3) is 17.0 Å². The smallest absolute Gasteiger partial charge is 0.267 e. The third-order valence-corrected chi connectivity index (χ3v) is 2.85. The minimum atomic E-state index is 0.275. The first-order valence-corrected chi connectivity index (χ1v) is 5.77. The SMILES string of the molecule is S=C1NC(=S)/C(=C/c2cc3ccccc3o2)O1. The van der Waals surface area contributed by atoms with Crippen molar-refractivity contribution < 1.29 is 9.15 Å². The van der Waals surface area contributed by atoms with E-state index in [1.165, 1.54) is 0 Å². The van der Waals surface area contributed by atoms with Crippen LogP contribution in [0, 0.1) is 0 Å². The summed E-state index contributed by atoms with van der Waals surface area (Å²) < 4.78 is 10.9. The first kappa shape index (κ1) is 10.4. The lowest BCUT2D eigenvalue weighted by molar-refractivity contribution is 0.469. The van der Waals surface area contributed by atoms with Crippen molar-refractivity contribution >= 4 is 51.6 Å². The lowest BCUT2D eigenvalue weighted by Crippen LogP contribution is -2.16. The first-order valence-electron chi connectivity index (χ1n) is 4.96. The second-order valence-corrected chi connectivity index (χ2v) is 4.32. The first-order chi connectivity index (χ1) is 8.22. The van der Waals surface area contributed by atoms with Crippen molar-refractivity contribution in [1.82, 2.24) is 5.32 Å². The molecule has 3 nitrogen and oxygen atoms in total. The molecule has 1 aromatic heterocycles. The molecule has 2 aromatic rings. The number of para-hydroxylation sites is 1. The van der Waals surface area contributed by atoms with Crippen LogP contribution in [0.4, 0.5) is 0 Å². The van der Waals surface area contributed by atoms with Crippen LogP contribution in [-0.2, 0) is 4.74 Å². The zero-order valence-electron chi connectivity index (χ0n) is 8.60. The minimum Gasteiger partial charge on any atom is -0.457 e. The van der Waals surface area contributed by atoms with Crippen molar-refractivity contribution in [2.24, 2.45) is 0 Å². The highest BCUT2D eigenvalue weighted by molar-refractivity contribution is 7.82. The Labute approximate surface area is 108 Å². The predicted molar refractivity (Wildman–Crippen MR) is 73.6 cm³/mol. The highest BCUT2D eigenvalue weighted by atomic mass is 32.1. The molecule has 1 aliphatic rings. The Morgan fingerprint density at radius 2 is 2.00 bits per heavy atom. The number of hydrogen-bond acceptors (Lipinski definition) is 4. The monoisotopic (exact) mass is 261 g/mol. The Morgan fingerprint density at radius 1 is 1.18 bits per heavy atom. The van der Waals surface area contributed by atoms with Gasteiger partial charge >= 0.3 is 0 Å². The Hall–Kier alpha value is -1.72. The second kappa shape index (κ2) is 3.94. The van der Waals surface area contributed by atoms with Gasteiger partial charge in [0, 0.05) is 11.5 Å². The van der Waals surface area contributed by atoms with Crippen LogP contribution in [0.3, 0.4) is 0 Å². The fraction of sp³-hybridized carbons (Fsp3) is 0. The number of benzene rings is 1. The Balaban J connectivity index is 2.02. The van der Waals surface area contributed by atoms with Gasteiger partial charge in [-0.1, -0.05) is 30.4 Å². The van der Waals surface area contributed by atoms with Gasteiger partial charge in [-0.05, 0) is 24.4 Å². The van der Waals surface area contributed by atoms with Crippen LogP contribution in [0.15, 0.2) is 40.5 Å². The van der Waals surface area contributed by atoms with Crippen molar-refractivity contribution in [3.05, 3.63) is 41.9 Å². The van der Waals surface area contributed by atoms with E-state index in [0.29, 0.717) is 16.5 Å². The number of rotatable bonds is 1. The molecule has 1 aromatic carbocycles. The van der Waals surface area contributed by atoms with E-state index in [9.17, 15) is 0 Å². The van der Waals surface area contributed by atoms with Gasteiger partial charge in [0.25, 0.3) is 5.17 Å². The lowest BCUT2D eigenvalue weighted by Gasteiger charge is -1.92. The molecule has 1 fully saturated rings. The van der Waals surface area contributed by atoms with E-state index in [1.54, 1.807) is 6.08 Å². The number of hydrogen-bond donors (Lipinski definition) is 1. The van der Waals surface area contributed by atoms with Gasteiger partial charge < -0.3 is 14.5 Å². The summed E-state index contributed by atoms with van der Waals surface area (Å²) in [6, 6.07) is 9.71. The standard InChI is InChI=1S/C12H7NO2S2/c16-11-10(15-12(17)13-11)6-8-5-7-3-1-2-4-9(7)14-8/h1-6H,(H,13,16,17)/b10-6-. The molecule has 0 aliphatic carbocycles. The summed E-state index contributed by atoms with van der Waals surface area (Å²) in [7, 11) is 0. The van der Waals surface area contributed by atoms with Crippen LogP contribution < -0.4 is 5.32 Å². The normalized spacial score (nSPS) is 17.5. The summed E-state index contributed by atoms with van der Waals surface area (Å²) in [4.78, 5) is 0.482. The van der Waals surface area contributed by atoms with Crippen LogP contribution in [-0.4, -0.2) is 10.2 Å². The van der Waals surface area contributed by atoms with Gasteiger partial charge in [-0.25, -0.2) is 0 Å². The average Bonchev–Trinajstić information content (AvgIpc) is 2.82. The van der Waals surface area contributed by atoms with Crippen LogP contribution in [0.5, 0.6) is 0 Å². The zero-order chi connectivity index (χ0) is 11.8. The van der Waals surface area contributed by atoms with Gasteiger partial charge in [-0.3, -0.25) is 0 Å². The zero-order valence-corrected chi connectivity index (χ0v) is 10.2. The molecule has 0 saturated carbocycles. The molecular weight excluding hydrogens is 254 g/mol. The summed E-state index contributed by atoms with van der Waals surface area (Å²) in [6.07, 6.45) is 1.73. The van der Waals surface area contributed by atoms with Gasteiger partial charge in [0.2, 0.25) is 0 Å². The average molecular weight is 261 g/mol. The van der Waals surface area contributed by atoms with Crippen molar-refractivity contribution in [2.75, 3.05) is 0 Å². The summed E-state index contributed by atoms with van der Waals surface area (Å²) in [5.74, 6) is 1.21. The lowest BCUT2D eigenvalue weighted by atomic mass is 10.2. The van der Waals surface area contributed by atoms with E-state index in [4.69, 9.17) is 33.6 Å². The molecule has 1 saturated heterocycles. The molecule has 0 radical (unpaired) electrons. The second-order valence-electron chi connectivity index (χ2n) is 3.54. The largest absolute Gasteiger partial charge is 0.457 e. The summed E-state index contributed by atoms with van der Waals surface area (Å²) in [5, 5.41) is 4.07. The number of thiocarbonyl (C=S) groups is 2. The Bertz CT molecular complexity index is 624. The van der Waals surface area contributed by atoms with Gasteiger partial charge in [-0.2, -0.15) is 0 Å². The highest BCUT2D eigenvalue weighted by Gasteiger charge is 2.19. The summed E-state index contributed by atoms with van der Waals surface area (Å²) in [5.41, 5.74) is 0.832. The van der Waals surface area contributed by atoms with E-state index in [0.717, 1.165) is 11.0 Å². The van der Waals surface area contributed by atoms with Gasteiger partial charge in [0.05, 0.1) is 0 Å². The molecule has 0 atom stereocenters. The predicted octanol–water partition coefficient (Wildman–Crippen LogP) is 3.01. The maximum Gasteiger partial charge on any atom is 0.267 e. The van der Waals surface area contributed by atoms with E-state index < -0.39 is 0 Å². The Morgan fingerprint density at radius 3 is 2.71 bits per heavy atom. The summed E-state index contributed by atoms with van der Waals surface area (Å²) in [6.45, 7) is 0. The molecule has 5 heteroatoms. The molecule has 0 spiro atoms. The molecule has 84 valence electrons. The fourth-order valence-electron chi connectivity index (χ4n) is 1.62. The van der Waals surface area contributed by atoms with E-state index in [-0.39, 0.29) is 5.17 Å². The molecule has 0 unspecified atom stereocenters. The summed E-state index contributed by atoms with van der Waals surface area (Å²) >= 11 is 9.93. The van der Waals surface area contributed by atoms with Crippen molar-refractivity contribution in [3.8, 4) is 0 Å². The quantitative estimate of drug-likeness (QED) is 0.630. The number of nitrogens with one attached hydrogen (secondary N) is 1. The van der Waals surface area contributed by atoms with E-state index in [2.05, 4.69) is 5.32 Å². The van der Waals surface area contributed by atoms with Gasteiger partial charge in [0.1, 0.15) is 16.3 Å².